The second-order valence-corrected chi connectivity index (χ2v) is 4.56. The molecule has 0 bridgehead atoms. The van der Waals surface area contributed by atoms with Crippen LogP contribution in [-0.4, -0.2) is 37.5 Å². The normalized spacial score (nSPS) is 10.1. The molecule has 0 spiro atoms. The lowest BCUT2D eigenvalue weighted by Gasteiger charge is -2.09. The van der Waals surface area contributed by atoms with Gasteiger partial charge in [-0.2, -0.15) is 5.10 Å². The maximum atomic E-state index is 11.7. The smallest absolute Gasteiger partial charge is 0.343 e. The van der Waals surface area contributed by atoms with E-state index in [0.717, 1.165) is 17.7 Å². The van der Waals surface area contributed by atoms with Crippen LogP contribution >= 0.6 is 0 Å². The highest BCUT2D eigenvalue weighted by Crippen LogP contribution is 2.20. The largest absolute Gasteiger partial charge is 0.496 e. The van der Waals surface area contributed by atoms with E-state index in [1.165, 1.54) is 14.2 Å². The Labute approximate surface area is 129 Å². The molecule has 0 saturated carbocycles. The lowest BCUT2D eigenvalue weighted by molar-refractivity contribution is 0.0595. The maximum Gasteiger partial charge on any atom is 0.343 e. The second-order valence-electron chi connectivity index (χ2n) is 4.56. The molecule has 116 valence electrons. The van der Waals surface area contributed by atoms with Crippen molar-refractivity contribution in [1.82, 2.24) is 10.2 Å². The van der Waals surface area contributed by atoms with Crippen molar-refractivity contribution in [2.75, 3.05) is 21.3 Å². The number of carbonyl (C=O) groups excluding carboxylic acids is 1. The summed E-state index contributed by atoms with van der Waals surface area (Å²) < 4.78 is 15.1. The fourth-order valence-corrected chi connectivity index (χ4v) is 2.12. The molecule has 0 saturated heterocycles. The van der Waals surface area contributed by atoms with E-state index < -0.39 is 5.97 Å². The van der Waals surface area contributed by atoms with Gasteiger partial charge in [0.1, 0.15) is 11.3 Å². The highest BCUT2D eigenvalue weighted by molar-refractivity contribution is 5.91. The van der Waals surface area contributed by atoms with Crippen LogP contribution in [0.15, 0.2) is 30.3 Å². The summed E-state index contributed by atoms with van der Waals surface area (Å²) in [5, 5.41) is 7.99. The first kappa shape index (κ1) is 15.8. The van der Waals surface area contributed by atoms with Gasteiger partial charge in [0, 0.05) is 0 Å². The van der Waals surface area contributed by atoms with E-state index in [0.29, 0.717) is 12.1 Å². The van der Waals surface area contributed by atoms with Gasteiger partial charge in [-0.3, -0.25) is 0 Å². The first-order chi connectivity index (χ1) is 10.7. The lowest BCUT2D eigenvalue weighted by Crippen LogP contribution is -2.09. The molecule has 2 rings (SSSR count). The molecule has 1 aromatic heterocycles. The molecule has 22 heavy (non-hydrogen) atoms. The molecular formula is C16H18N2O4. The van der Waals surface area contributed by atoms with Crippen LogP contribution in [0.4, 0.5) is 0 Å². The van der Waals surface area contributed by atoms with Crippen LogP contribution in [0.25, 0.3) is 0 Å². The summed E-state index contributed by atoms with van der Waals surface area (Å²) in [4.78, 5) is 11.7. The number of carbonyl (C=O) groups is 1. The van der Waals surface area contributed by atoms with Crippen LogP contribution in [0.3, 0.4) is 0 Å². The topological polar surface area (TPSA) is 70.5 Å². The molecule has 0 fully saturated rings. The molecule has 0 aliphatic carbocycles. The van der Waals surface area contributed by atoms with Gasteiger partial charge in [0.05, 0.1) is 27.0 Å². The van der Waals surface area contributed by atoms with Crippen molar-refractivity contribution < 1.29 is 19.0 Å². The number of esters is 1. The van der Waals surface area contributed by atoms with Crippen molar-refractivity contribution in [2.45, 2.75) is 12.8 Å². The van der Waals surface area contributed by atoms with Crippen LogP contribution in [0.2, 0.25) is 0 Å². The van der Waals surface area contributed by atoms with Gasteiger partial charge in [0.15, 0.2) is 0 Å². The number of hydrogen-bond acceptors (Lipinski definition) is 6. The van der Waals surface area contributed by atoms with Gasteiger partial charge in [-0.05, 0) is 30.5 Å². The van der Waals surface area contributed by atoms with Crippen molar-refractivity contribution in [1.29, 1.82) is 0 Å². The van der Waals surface area contributed by atoms with Crippen molar-refractivity contribution in [2.24, 2.45) is 0 Å². The predicted molar refractivity (Wildman–Crippen MR) is 80.3 cm³/mol. The Morgan fingerprint density at radius 1 is 1.05 bits per heavy atom. The van der Waals surface area contributed by atoms with Crippen molar-refractivity contribution >= 4 is 5.97 Å². The maximum absolute atomic E-state index is 11.7. The number of para-hydroxylation sites is 1. The summed E-state index contributed by atoms with van der Waals surface area (Å²) in [5.41, 5.74) is 2.03. The average molecular weight is 302 g/mol. The number of aromatic nitrogens is 2. The zero-order valence-electron chi connectivity index (χ0n) is 12.8. The molecule has 0 atom stereocenters. The minimum Gasteiger partial charge on any atom is -0.496 e. The van der Waals surface area contributed by atoms with Crippen molar-refractivity contribution in [3.8, 4) is 11.6 Å². The van der Waals surface area contributed by atoms with Crippen LogP contribution in [0, 0.1) is 0 Å². The highest BCUT2D eigenvalue weighted by atomic mass is 16.5. The van der Waals surface area contributed by atoms with Crippen molar-refractivity contribution in [3.63, 3.8) is 0 Å². The Morgan fingerprint density at radius 2 is 1.82 bits per heavy atom. The molecule has 1 heterocycles. The average Bonchev–Trinajstić information content (AvgIpc) is 2.59. The number of hydrogen-bond donors (Lipinski definition) is 0. The van der Waals surface area contributed by atoms with Gasteiger partial charge in [-0.1, -0.05) is 18.2 Å². The molecule has 2 aromatic rings. The zero-order valence-corrected chi connectivity index (χ0v) is 12.8. The molecule has 0 unspecified atom stereocenters. The van der Waals surface area contributed by atoms with Gasteiger partial charge < -0.3 is 14.2 Å². The Bertz CT molecular complexity index is 658. The number of methoxy groups -OCH3 is 3. The SMILES string of the molecule is COC(=O)c1cc(CCc2ccccc2OC)nnc1OC. The minimum atomic E-state index is -0.495. The third-order valence-electron chi connectivity index (χ3n) is 3.25. The number of aryl methyl sites for hydroxylation is 2. The van der Waals surface area contributed by atoms with E-state index in [9.17, 15) is 4.79 Å². The van der Waals surface area contributed by atoms with E-state index in [1.54, 1.807) is 13.2 Å². The highest BCUT2D eigenvalue weighted by Gasteiger charge is 2.16. The zero-order chi connectivity index (χ0) is 15.9. The summed E-state index contributed by atoms with van der Waals surface area (Å²) in [6.45, 7) is 0. The molecule has 0 aliphatic rings. The predicted octanol–water partition coefficient (Wildman–Crippen LogP) is 2.07. The van der Waals surface area contributed by atoms with Gasteiger partial charge in [-0.25, -0.2) is 4.79 Å². The third kappa shape index (κ3) is 3.52. The fourth-order valence-electron chi connectivity index (χ4n) is 2.12. The fraction of sp³-hybridized carbons (Fsp3) is 0.312. The summed E-state index contributed by atoms with van der Waals surface area (Å²) in [5.74, 6) is 0.496. The van der Waals surface area contributed by atoms with Crippen LogP contribution in [0.5, 0.6) is 11.6 Å². The number of nitrogens with zero attached hydrogens (tertiary/aromatic N) is 2. The summed E-state index contributed by atoms with van der Waals surface area (Å²) in [6, 6.07) is 9.43. The molecule has 6 heteroatoms. The van der Waals surface area contributed by atoms with Gasteiger partial charge in [0.25, 0.3) is 0 Å². The minimum absolute atomic E-state index is 0.160. The Kier molecular flexibility index (Phi) is 5.30. The first-order valence-electron chi connectivity index (χ1n) is 6.80. The number of ether oxygens (including phenoxy) is 3. The van der Waals surface area contributed by atoms with Gasteiger partial charge in [-0.15, -0.1) is 5.10 Å². The number of benzene rings is 1. The summed E-state index contributed by atoms with van der Waals surface area (Å²) in [7, 11) is 4.39. The van der Waals surface area contributed by atoms with Gasteiger partial charge >= 0.3 is 5.97 Å². The second kappa shape index (κ2) is 7.40. The Hall–Kier alpha value is -2.63. The van der Waals surface area contributed by atoms with E-state index in [4.69, 9.17) is 14.2 Å². The standard InChI is InChI=1S/C16H18N2O4/c1-20-14-7-5-4-6-11(14)8-9-12-10-13(16(19)22-3)15(21-2)18-17-12/h4-7,10H,8-9H2,1-3H3. The molecule has 1 aromatic carbocycles. The number of rotatable bonds is 6. The van der Waals surface area contributed by atoms with Gasteiger partial charge in [0.2, 0.25) is 5.88 Å². The molecule has 0 amide bonds. The van der Waals surface area contributed by atoms with E-state index >= 15 is 0 Å². The van der Waals surface area contributed by atoms with Crippen molar-refractivity contribution in [3.05, 3.63) is 47.2 Å². The Morgan fingerprint density at radius 3 is 2.50 bits per heavy atom. The Balaban J connectivity index is 2.18. The summed E-state index contributed by atoms with van der Waals surface area (Å²) >= 11 is 0. The molecule has 6 nitrogen and oxygen atoms in total. The van der Waals surface area contributed by atoms with E-state index in [1.807, 2.05) is 24.3 Å². The molecule has 0 aliphatic heterocycles. The monoisotopic (exact) mass is 302 g/mol. The molecule has 0 N–H and O–H groups in total. The van der Waals surface area contributed by atoms with Crippen LogP contribution in [-0.2, 0) is 17.6 Å². The quantitative estimate of drug-likeness (QED) is 0.761. The molecular weight excluding hydrogens is 284 g/mol. The van der Waals surface area contributed by atoms with Crippen LogP contribution < -0.4 is 9.47 Å². The molecule has 0 radical (unpaired) electrons. The lowest BCUT2D eigenvalue weighted by atomic mass is 10.1. The third-order valence-corrected chi connectivity index (χ3v) is 3.25. The first-order valence-corrected chi connectivity index (χ1v) is 6.80. The van der Waals surface area contributed by atoms with E-state index in [2.05, 4.69) is 10.2 Å². The summed E-state index contributed by atoms with van der Waals surface area (Å²) in [6.07, 6.45) is 1.35. The van der Waals surface area contributed by atoms with Crippen LogP contribution in [0.1, 0.15) is 21.6 Å². The van der Waals surface area contributed by atoms with E-state index in [-0.39, 0.29) is 11.4 Å².